The summed E-state index contributed by atoms with van der Waals surface area (Å²) >= 11 is 9.57. The van der Waals surface area contributed by atoms with E-state index in [9.17, 15) is 9.18 Å². The van der Waals surface area contributed by atoms with Crippen molar-refractivity contribution >= 4 is 33.4 Å². The number of nitrogens with zero attached hydrogens (tertiary/aromatic N) is 1. The van der Waals surface area contributed by atoms with Crippen molar-refractivity contribution in [2.45, 2.75) is 32.4 Å². The van der Waals surface area contributed by atoms with Crippen LogP contribution in [0.1, 0.15) is 30.4 Å². The second kappa shape index (κ2) is 10.2. The minimum Gasteiger partial charge on any atom is -0.489 e. The maximum Gasteiger partial charge on any atom is 0.222 e. The largest absolute Gasteiger partial charge is 0.489 e. The Bertz CT molecular complexity index is 834. The first-order valence-corrected chi connectivity index (χ1v) is 10.5. The van der Waals surface area contributed by atoms with Crippen molar-refractivity contribution in [1.29, 1.82) is 0 Å². The Hall–Kier alpha value is -1.63. The molecule has 2 aromatic rings. The topological polar surface area (TPSA) is 41.6 Å². The fraction of sp³-hybridized carbons (Fsp3) is 0.381. The number of ether oxygens (including phenoxy) is 1. The van der Waals surface area contributed by atoms with Gasteiger partial charge in [-0.15, -0.1) is 0 Å². The van der Waals surface area contributed by atoms with Gasteiger partial charge >= 0.3 is 0 Å². The van der Waals surface area contributed by atoms with Crippen molar-refractivity contribution in [3.63, 3.8) is 0 Å². The molecular weight excluding hydrogens is 447 g/mol. The summed E-state index contributed by atoms with van der Waals surface area (Å²) in [5.74, 6) is 0.658. The summed E-state index contributed by atoms with van der Waals surface area (Å²) in [6.45, 7) is 3.43. The third kappa shape index (κ3) is 5.93. The number of hydrogen-bond donors (Lipinski definition) is 1. The van der Waals surface area contributed by atoms with E-state index in [0.29, 0.717) is 18.0 Å². The highest BCUT2D eigenvalue weighted by Crippen LogP contribution is 2.26. The summed E-state index contributed by atoms with van der Waals surface area (Å²) in [7, 11) is 0. The van der Waals surface area contributed by atoms with E-state index < -0.39 is 0 Å². The summed E-state index contributed by atoms with van der Waals surface area (Å²) in [5, 5.41) is 3.77. The highest BCUT2D eigenvalue weighted by molar-refractivity contribution is 9.10. The molecule has 0 aliphatic carbocycles. The molecule has 0 radical (unpaired) electrons. The first-order chi connectivity index (χ1) is 13.5. The van der Waals surface area contributed by atoms with Crippen LogP contribution in [0.5, 0.6) is 5.75 Å². The quantitative estimate of drug-likeness (QED) is 0.530. The SMILES string of the molecule is O=C1CCCN1CCCNCc1cc(Br)ccc1OCc1ccc(F)cc1Cl. The van der Waals surface area contributed by atoms with Gasteiger partial charge in [-0.1, -0.05) is 33.6 Å². The van der Waals surface area contributed by atoms with Crippen LogP contribution >= 0.6 is 27.5 Å². The molecule has 0 aromatic heterocycles. The molecule has 0 spiro atoms. The van der Waals surface area contributed by atoms with Crippen LogP contribution in [0.15, 0.2) is 40.9 Å². The molecule has 150 valence electrons. The van der Waals surface area contributed by atoms with Gasteiger partial charge in [0.1, 0.15) is 18.2 Å². The molecule has 2 aromatic carbocycles. The predicted octanol–water partition coefficient (Wildman–Crippen LogP) is 4.92. The highest BCUT2D eigenvalue weighted by atomic mass is 79.9. The number of nitrogens with one attached hydrogen (secondary N) is 1. The van der Waals surface area contributed by atoms with Gasteiger partial charge in [0, 0.05) is 41.7 Å². The third-order valence-corrected chi connectivity index (χ3v) is 5.53. The molecule has 1 saturated heterocycles. The van der Waals surface area contributed by atoms with Crippen LogP contribution in [-0.2, 0) is 17.9 Å². The Morgan fingerprint density at radius 2 is 2.07 bits per heavy atom. The molecule has 1 heterocycles. The summed E-state index contributed by atoms with van der Waals surface area (Å²) in [6.07, 6.45) is 2.58. The summed E-state index contributed by atoms with van der Waals surface area (Å²) in [6, 6.07) is 10.1. The molecule has 1 aliphatic rings. The summed E-state index contributed by atoms with van der Waals surface area (Å²) in [5.41, 5.74) is 1.75. The highest BCUT2D eigenvalue weighted by Gasteiger charge is 2.18. The second-order valence-electron chi connectivity index (χ2n) is 6.79. The Morgan fingerprint density at radius 1 is 1.21 bits per heavy atom. The van der Waals surface area contributed by atoms with Crippen molar-refractivity contribution in [2.75, 3.05) is 19.6 Å². The zero-order chi connectivity index (χ0) is 19.9. The molecular formula is C21H23BrClFN2O2. The molecule has 1 N–H and O–H groups in total. The van der Waals surface area contributed by atoms with Gasteiger partial charge in [-0.3, -0.25) is 4.79 Å². The van der Waals surface area contributed by atoms with Gasteiger partial charge in [0.05, 0.1) is 5.02 Å². The van der Waals surface area contributed by atoms with E-state index in [1.165, 1.54) is 12.1 Å². The van der Waals surface area contributed by atoms with Gasteiger partial charge in [-0.2, -0.15) is 0 Å². The van der Waals surface area contributed by atoms with E-state index in [2.05, 4.69) is 21.2 Å². The molecule has 4 nitrogen and oxygen atoms in total. The lowest BCUT2D eigenvalue weighted by Crippen LogP contribution is -2.28. The van der Waals surface area contributed by atoms with E-state index in [1.807, 2.05) is 23.1 Å². The normalized spacial score (nSPS) is 14.0. The van der Waals surface area contributed by atoms with Gasteiger partial charge in [-0.25, -0.2) is 4.39 Å². The molecule has 0 bridgehead atoms. The standard InChI is InChI=1S/C21H23BrClFN2O2/c22-17-5-7-20(28-14-15-4-6-18(24)12-19(15)23)16(11-17)13-25-8-2-10-26-9-1-3-21(26)27/h4-7,11-12,25H,1-3,8-10,13-14H2. The zero-order valence-electron chi connectivity index (χ0n) is 15.5. The second-order valence-corrected chi connectivity index (χ2v) is 8.11. The van der Waals surface area contributed by atoms with E-state index in [0.717, 1.165) is 53.8 Å². The van der Waals surface area contributed by atoms with Gasteiger partial charge in [0.15, 0.2) is 0 Å². The molecule has 1 amide bonds. The third-order valence-electron chi connectivity index (χ3n) is 4.69. The minimum atomic E-state index is -0.363. The van der Waals surface area contributed by atoms with Crippen LogP contribution in [0.2, 0.25) is 5.02 Å². The molecule has 3 rings (SSSR count). The van der Waals surface area contributed by atoms with Crippen molar-refractivity contribution in [2.24, 2.45) is 0 Å². The number of halogens is 3. The van der Waals surface area contributed by atoms with Crippen LogP contribution < -0.4 is 10.1 Å². The summed E-state index contributed by atoms with van der Waals surface area (Å²) in [4.78, 5) is 13.6. The zero-order valence-corrected chi connectivity index (χ0v) is 17.9. The fourth-order valence-electron chi connectivity index (χ4n) is 3.18. The average Bonchev–Trinajstić information content (AvgIpc) is 3.07. The maximum atomic E-state index is 13.2. The Kier molecular flexibility index (Phi) is 7.71. The monoisotopic (exact) mass is 468 g/mol. The van der Waals surface area contributed by atoms with Crippen LogP contribution in [0.4, 0.5) is 4.39 Å². The maximum absolute atomic E-state index is 13.2. The van der Waals surface area contributed by atoms with Crippen LogP contribution in [0, 0.1) is 5.82 Å². The van der Waals surface area contributed by atoms with Crippen molar-refractivity contribution < 1.29 is 13.9 Å². The molecule has 28 heavy (non-hydrogen) atoms. The molecule has 7 heteroatoms. The van der Waals surface area contributed by atoms with Gasteiger partial charge in [0.25, 0.3) is 0 Å². The number of hydrogen-bond acceptors (Lipinski definition) is 3. The smallest absolute Gasteiger partial charge is 0.222 e. The lowest BCUT2D eigenvalue weighted by molar-refractivity contribution is -0.127. The molecule has 0 saturated carbocycles. The number of carbonyl (C=O) groups is 1. The molecule has 1 fully saturated rings. The van der Waals surface area contributed by atoms with E-state index in [1.54, 1.807) is 6.07 Å². The summed E-state index contributed by atoms with van der Waals surface area (Å²) < 4.78 is 20.1. The van der Waals surface area contributed by atoms with E-state index in [4.69, 9.17) is 16.3 Å². The van der Waals surface area contributed by atoms with Gasteiger partial charge < -0.3 is 15.0 Å². The Balaban J connectivity index is 1.51. The molecule has 0 atom stereocenters. The Labute approximate surface area is 178 Å². The lowest BCUT2D eigenvalue weighted by Gasteiger charge is -2.16. The van der Waals surface area contributed by atoms with E-state index >= 15 is 0 Å². The van der Waals surface area contributed by atoms with Gasteiger partial charge in [-0.05, 0) is 49.7 Å². The first kappa shape index (κ1) is 21.1. The van der Waals surface area contributed by atoms with Crippen molar-refractivity contribution in [3.05, 3.63) is 62.8 Å². The van der Waals surface area contributed by atoms with Crippen molar-refractivity contribution in [1.82, 2.24) is 10.2 Å². The average molecular weight is 470 g/mol. The van der Waals surface area contributed by atoms with Gasteiger partial charge in [0.2, 0.25) is 5.91 Å². The Morgan fingerprint density at radius 3 is 2.82 bits per heavy atom. The van der Waals surface area contributed by atoms with Crippen LogP contribution in [-0.4, -0.2) is 30.4 Å². The minimum absolute atomic E-state index is 0.266. The van der Waals surface area contributed by atoms with Crippen molar-refractivity contribution in [3.8, 4) is 5.75 Å². The number of rotatable bonds is 9. The van der Waals surface area contributed by atoms with Crippen LogP contribution in [0.25, 0.3) is 0 Å². The first-order valence-electron chi connectivity index (χ1n) is 9.36. The number of likely N-dealkylation sites (tertiary alicyclic amines) is 1. The lowest BCUT2D eigenvalue weighted by atomic mass is 10.2. The van der Waals surface area contributed by atoms with Crippen LogP contribution in [0.3, 0.4) is 0 Å². The fourth-order valence-corrected chi connectivity index (χ4v) is 3.81. The predicted molar refractivity (Wildman–Crippen MR) is 112 cm³/mol. The van der Waals surface area contributed by atoms with E-state index in [-0.39, 0.29) is 18.3 Å². The number of carbonyl (C=O) groups excluding carboxylic acids is 1. The number of amides is 1. The number of benzene rings is 2. The molecule has 1 aliphatic heterocycles. The molecule has 0 unspecified atom stereocenters.